The summed E-state index contributed by atoms with van der Waals surface area (Å²) in [5, 5.41) is 3.29. The average molecular weight is 276 g/mol. The van der Waals surface area contributed by atoms with E-state index in [4.69, 9.17) is 14.2 Å². The third-order valence-electron chi connectivity index (χ3n) is 2.70. The summed E-state index contributed by atoms with van der Waals surface area (Å²) in [6.07, 6.45) is 0. The fourth-order valence-corrected chi connectivity index (χ4v) is 1.34. The van der Waals surface area contributed by atoms with Gasteiger partial charge in [-0.2, -0.15) is 0 Å². The van der Waals surface area contributed by atoms with Crippen LogP contribution in [0.5, 0.6) is 0 Å². The summed E-state index contributed by atoms with van der Waals surface area (Å²) in [7, 11) is 2.09. The second-order valence-electron chi connectivity index (χ2n) is 4.84. The predicted octanol–water partition coefficient (Wildman–Crippen LogP) is 0.986. The van der Waals surface area contributed by atoms with Crippen molar-refractivity contribution < 1.29 is 14.2 Å². The van der Waals surface area contributed by atoms with Gasteiger partial charge in [-0.1, -0.05) is 20.8 Å². The van der Waals surface area contributed by atoms with Gasteiger partial charge in [0.25, 0.3) is 0 Å². The summed E-state index contributed by atoms with van der Waals surface area (Å²) in [5.74, 6) is 0. The number of nitrogens with one attached hydrogen (secondary N) is 1. The molecule has 0 aromatic carbocycles. The summed E-state index contributed by atoms with van der Waals surface area (Å²) in [4.78, 5) is 2.22. The summed E-state index contributed by atoms with van der Waals surface area (Å²) >= 11 is 0. The number of nitrogens with zero attached hydrogens (tertiary/aromatic N) is 1. The monoisotopic (exact) mass is 276 g/mol. The van der Waals surface area contributed by atoms with Gasteiger partial charge >= 0.3 is 0 Å². The predicted molar refractivity (Wildman–Crippen MR) is 78.8 cm³/mol. The molecule has 5 nitrogen and oxygen atoms in total. The van der Waals surface area contributed by atoms with Crippen LogP contribution in [-0.2, 0) is 14.2 Å². The summed E-state index contributed by atoms with van der Waals surface area (Å²) in [5.41, 5.74) is 0. The molecule has 0 aromatic heterocycles. The molecule has 0 radical (unpaired) electrons. The van der Waals surface area contributed by atoms with E-state index >= 15 is 0 Å². The van der Waals surface area contributed by atoms with E-state index in [9.17, 15) is 0 Å². The van der Waals surface area contributed by atoms with Crippen LogP contribution in [-0.4, -0.2) is 77.3 Å². The van der Waals surface area contributed by atoms with E-state index in [0.29, 0.717) is 32.5 Å². The van der Waals surface area contributed by atoms with Crippen LogP contribution in [0.1, 0.15) is 20.8 Å². The lowest BCUT2D eigenvalue weighted by molar-refractivity contribution is 0.0121. The highest BCUT2D eigenvalue weighted by Gasteiger charge is 1.95. The van der Waals surface area contributed by atoms with Crippen molar-refractivity contribution in [1.82, 2.24) is 10.2 Å². The molecule has 0 bridgehead atoms. The molecular formula is C14H32N2O3. The van der Waals surface area contributed by atoms with E-state index in [1.54, 1.807) is 0 Å². The summed E-state index contributed by atoms with van der Waals surface area (Å²) in [6.45, 7) is 13.4. The van der Waals surface area contributed by atoms with Crippen LogP contribution in [0.25, 0.3) is 0 Å². The molecule has 0 spiro atoms. The van der Waals surface area contributed by atoms with E-state index in [1.807, 2.05) is 0 Å². The lowest BCUT2D eigenvalue weighted by Gasteiger charge is -2.13. The van der Waals surface area contributed by atoms with Crippen LogP contribution in [0.15, 0.2) is 0 Å². The lowest BCUT2D eigenvalue weighted by atomic mass is 10.4. The van der Waals surface area contributed by atoms with Crippen molar-refractivity contribution in [3.8, 4) is 0 Å². The lowest BCUT2D eigenvalue weighted by Crippen LogP contribution is -2.27. The Bertz CT molecular complexity index is 180. The molecule has 0 aliphatic carbocycles. The molecule has 0 aliphatic rings. The van der Waals surface area contributed by atoms with E-state index in [2.05, 4.69) is 38.0 Å². The van der Waals surface area contributed by atoms with Crippen molar-refractivity contribution in [3.05, 3.63) is 0 Å². The quantitative estimate of drug-likeness (QED) is 0.479. The van der Waals surface area contributed by atoms with Gasteiger partial charge in [0.2, 0.25) is 0 Å². The summed E-state index contributed by atoms with van der Waals surface area (Å²) in [6, 6.07) is 0.517. The topological polar surface area (TPSA) is 43.0 Å². The number of hydrogen-bond donors (Lipinski definition) is 1. The number of likely N-dealkylation sites (N-methyl/N-ethyl adjacent to an activating group) is 1. The molecule has 0 aliphatic heterocycles. The normalized spacial score (nSPS) is 11.7. The Morgan fingerprint density at radius 3 is 1.95 bits per heavy atom. The standard InChI is InChI=1S/C14H32N2O3/c1-5-16(4)7-9-18-11-13-19-12-10-17-8-6-15-14(2)3/h14-15H,5-13H2,1-4H3. The van der Waals surface area contributed by atoms with E-state index in [0.717, 1.165) is 32.8 Å². The van der Waals surface area contributed by atoms with Crippen LogP contribution < -0.4 is 5.32 Å². The Labute approximate surface area is 118 Å². The van der Waals surface area contributed by atoms with Crippen LogP contribution >= 0.6 is 0 Å². The number of ether oxygens (including phenoxy) is 3. The first-order valence-corrected chi connectivity index (χ1v) is 7.32. The van der Waals surface area contributed by atoms with Crippen molar-refractivity contribution in [2.24, 2.45) is 0 Å². The molecular weight excluding hydrogens is 244 g/mol. The highest BCUT2D eigenvalue weighted by Crippen LogP contribution is 1.84. The Kier molecular flexibility index (Phi) is 14.1. The molecule has 19 heavy (non-hydrogen) atoms. The fraction of sp³-hybridized carbons (Fsp3) is 1.00. The molecule has 0 saturated heterocycles. The second-order valence-corrected chi connectivity index (χ2v) is 4.84. The van der Waals surface area contributed by atoms with Crippen molar-refractivity contribution in [2.45, 2.75) is 26.8 Å². The van der Waals surface area contributed by atoms with Gasteiger partial charge in [0.15, 0.2) is 0 Å². The molecule has 0 amide bonds. The van der Waals surface area contributed by atoms with Crippen molar-refractivity contribution >= 4 is 0 Å². The molecule has 0 heterocycles. The van der Waals surface area contributed by atoms with Gasteiger partial charge < -0.3 is 24.4 Å². The molecule has 1 N–H and O–H groups in total. The third-order valence-corrected chi connectivity index (χ3v) is 2.70. The molecule has 116 valence electrons. The zero-order valence-corrected chi connectivity index (χ0v) is 13.1. The van der Waals surface area contributed by atoms with Crippen molar-refractivity contribution in [2.75, 3.05) is 66.3 Å². The first-order valence-electron chi connectivity index (χ1n) is 7.32. The van der Waals surface area contributed by atoms with Crippen LogP contribution in [0, 0.1) is 0 Å². The Morgan fingerprint density at radius 2 is 1.42 bits per heavy atom. The zero-order chi connectivity index (χ0) is 14.3. The van der Waals surface area contributed by atoms with Crippen molar-refractivity contribution in [1.29, 1.82) is 0 Å². The fourth-order valence-electron chi connectivity index (χ4n) is 1.34. The van der Waals surface area contributed by atoms with Crippen LogP contribution in [0.3, 0.4) is 0 Å². The van der Waals surface area contributed by atoms with Crippen LogP contribution in [0.2, 0.25) is 0 Å². The van der Waals surface area contributed by atoms with Crippen LogP contribution in [0.4, 0.5) is 0 Å². The van der Waals surface area contributed by atoms with Gasteiger partial charge in [0.05, 0.1) is 39.6 Å². The van der Waals surface area contributed by atoms with Gasteiger partial charge in [-0.3, -0.25) is 0 Å². The average Bonchev–Trinajstić information content (AvgIpc) is 2.39. The van der Waals surface area contributed by atoms with E-state index < -0.39 is 0 Å². The number of hydrogen-bond acceptors (Lipinski definition) is 5. The maximum absolute atomic E-state index is 5.46. The maximum Gasteiger partial charge on any atom is 0.0701 e. The number of rotatable bonds is 14. The van der Waals surface area contributed by atoms with Gasteiger partial charge in [0, 0.05) is 19.1 Å². The van der Waals surface area contributed by atoms with Gasteiger partial charge in [0.1, 0.15) is 0 Å². The van der Waals surface area contributed by atoms with E-state index in [-0.39, 0.29) is 0 Å². The SMILES string of the molecule is CCN(C)CCOCCOCCOCCNC(C)C. The highest BCUT2D eigenvalue weighted by atomic mass is 16.5. The first-order chi connectivity index (χ1) is 9.16. The third kappa shape index (κ3) is 15.7. The molecule has 0 aromatic rings. The Balaban J connectivity index is 2.99. The second kappa shape index (κ2) is 14.2. The molecule has 0 rings (SSSR count). The maximum atomic E-state index is 5.46. The minimum Gasteiger partial charge on any atom is -0.378 e. The first kappa shape index (κ1) is 18.8. The Hall–Kier alpha value is -0.200. The summed E-state index contributed by atoms with van der Waals surface area (Å²) < 4.78 is 16.3. The Morgan fingerprint density at radius 1 is 0.895 bits per heavy atom. The van der Waals surface area contributed by atoms with E-state index in [1.165, 1.54) is 0 Å². The van der Waals surface area contributed by atoms with Gasteiger partial charge in [-0.05, 0) is 13.6 Å². The van der Waals surface area contributed by atoms with Crippen molar-refractivity contribution in [3.63, 3.8) is 0 Å². The minimum absolute atomic E-state index is 0.517. The zero-order valence-electron chi connectivity index (χ0n) is 13.1. The molecule has 0 fully saturated rings. The largest absolute Gasteiger partial charge is 0.378 e. The smallest absolute Gasteiger partial charge is 0.0701 e. The highest BCUT2D eigenvalue weighted by molar-refractivity contribution is 4.50. The molecule has 0 atom stereocenters. The minimum atomic E-state index is 0.517. The molecule has 0 unspecified atom stereocenters. The van der Waals surface area contributed by atoms with Gasteiger partial charge in [-0.15, -0.1) is 0 Å². The molecule has 5 heteroatoms. The molecule has 0 saturated carbocycles. The van der Waals surface area contributed by atoms with Gasteiger partial charge in [-0.25, -0.2) is 0 Å².